The SMILES string of the molecule is O[n+]1ccc(-c2csc(Cc3cccc(C(F)(F)F)c3)n2)cc1. The highest BCUT2D eigenvalue weighted by molar-refractivity contribution is 7.10. The summed E-state index contributed by atoms with van der Waals surface area (Å²) in [4.78, 5) is 4.44. The molecule has 0 fully saturated rings. The van der Waals surface area contributed by atoms with Gasteiger partial charge >= 0.3 is 6.18 Å². The van der Waals surface area contributed by atoms with Crippen molar-refractivity contribution in [3.63, 3.8) is 0 Å². The van der Waals surface area contributed by atoms with Gasteiger partial charge in [-0.2, -0.15) is 13.2 Å². The van der Waals surface area contributed by atoms with Crippen LogP contribution in [0.2, 0.25) is 0 Å². The highest BCUT2D eigenvalue weighted by Gasteiger charge is 2.30. The molecule has 3 aromatic rings. The molecule has 0 saturated heterocycles. The Kier molecular flexibility index (Phi) is 4.04. The third-order valence-corrected chi connectivity index (χ3v) is 4.12. The minimum Gasteiger partial charge on any atom is -0.285 e. The van der Waals surface area contributed by atoms with E-state index in [4.69, 9.17) is 0 Å². The van der Waals surface area contributed by atoms with E-state index in [9.17, 15) is 18.4 Å². The quantitative estimate of drug-likeness (QED) is 0.580. The number of rotatable bonds is 3. The molecule has 2 aromatic heterocycles. The molecule has 1 aromatic carbocycles. The number of hydrogen-bond donors (Lipinski definition) is 1. The van der Waals surface area contributed by atoms with Gasteiger partial charge in [-0.25, -0.2) is 4.98 Å². The summed E-state index contributed by atoms with van der Waals surface area (Å²) in [6.07, 6.45) is -1.02. The summed E-state index contributed by atoms with van der Waals surface area (Å²) in [5.74, 6) is 0. The van der Waals surface area contributed by atoms with E-state index in [2.05, 4.69) is 4.98 Å². The lowest BCUT2D eigenvalue weighted by Crippen LogP contribution is -2.27. The molecule has 0 bridgehead atoms. The molecule has 0 amide bonds. The molecule has 2 heterocycles. The van der Waals surface area contributed by atoms with Gasteiger partial charge in [0, 0.05) is 34.2 Å². The van der Waals surface area contributed by atoms with Gasteiger partial charge in [-0.15, -0.1) is 11.3 Å². The van der Waals surface area contributed by atoms with Gasteiger partial charge in [0.2, 0.25) is 12.4 Å². The Morgan fingerprint density at radius 2 is 1.87 bits per heavy atom. The van der Waals surface area contributed by atoms with E-state index in [1.807, 2.05) is 5.38 Å². The molecule has 0 aliphatic rings. The highest BCUT2D eigenvalue weighted by Crippen LogP contribution is 2.30. The first kappa shape index (κ1) is 15.5. The largest absolute Gasteiger partial charge is 0.416 e. The number of alkyl halides is 3. The molecule has 7 heteroatoms. The third-order valence-electron chi connectivity index (χ3n) is 3.27. The highest BCUT2D eigenvalue weighted by atomic mass is 32.1. The molecular weight excluding hydrogens is 325 g/mol. The molecular formula is C16H12F3N2OS+. The van der Waals surface area contributed by atoms with Crippen LogP contribution in [0.25, 0.3) is 11.3 Å². The van der Waals surface area contributed by atoms with Crippen LogP contribution in [-0.2, 0) is 12.6 Å². The Balaban J connectivity index is 1.81. The molecule has 118 valence electrons. The molecule has 0 saturated carbocycles. The minimum atomic E-state index is -4.34. The van der Waals surface area contributed by atoms with Gasteiger partial charge in [-0.1, -0.05) is 18.2 Å². The lowest BCUT2D eigenvalue weighted by Gasteiger charge is -2.07. The van der Waals surface area contributed by atoms with Crippen LogP contribution < -0.4 is 4.73 Å². The van der Waals surface area contributed by atoms with Gasteiger partial charge in [0.25, 0.3) is 0 Å². The molecule has 0 aliphatic heterocycles. The molecule has 0 atom stereocenters. The van der Waals surface area contributed by atoms with Gasteiger partial charge in [0.05, 0.1) is 16.3 Å². The molecule has 3 rings (SSSR count). The van der Waals surface area contributed by atoms with Crippen LogP contribution in [-0.4, -0.2) is 10.2 Å². The van der Waals surface area contributed by atoms with Crippen LogP contribution in [0.5, 0.6) is 0 Å². The van der Waals surface area contributed by atoms with Crippen LogP contribution in [0.3, 0.4) is 0 Å². The maximum Gasteiger partial charge on any atom is 0.416 e. The summed E-state index contributed by atoms with van der Waals surface area (Å²) in [5.41, 5.74) is 1.49. The second-order valence-electron chi connectivity index (χ2n) is 4.97. The average Bonchev–Trinajstić information content (AvgIpc) is 2.96. The third kappa shape index (κ3) is 3.68. The first-order valence-electron chi connectivity index (χ1n) is 6.73. The summed E-state index contributed by atoms with van der Waals surface area (Å²) in [5, 5.41) is 11.8. The second kappa shape index (κ2) is 6.00. The van der Waals surface area contributed by atoms with Crippen LogP contribution in [0.4, 0.5) is 13.2 Å². The Hall–Kier alpha value is -2.41. The Bertz CT molecular complexity index is 813. The van der Waals surface area contributed by atoms with Gasteiger partial charge < -0.3 is 0 Å². The van der Waals surface area contributed by atoms with Crippen molar-refractivity contribution in [2.24, 2.45) is 0 Å². The lowest BCUT2D eigenvalue weighted by molar-refractivity contribution is -0.904. The molecule has 0 unspecified atom stereocenters. The number of thiazole rings is 1. The van der Waals surface area contributed by atoms with Crippen LogP contribution in [0, 0.1) is 0 Å². The van der Waals surface area contributed by atoms with Gasteiger partial charge in [-0.05, 0) is 11.6 Å². The van der Waals surface area contributed by atoms with Crippen molar-refractivity contribution in [3.8, 4) is 11.3 Å². The summed E-state index contributed by atoms with van der Waals surface area (Å²) < 4.78 is 39.1. The maximum absolute atomic E-state index is 12.7. The van der Waals surface area contributed by atoms with E-state index < -0.39 is 11.7 Å². The zero-order valence-corrected chi connectivity index (χ0v) is 12.6. The fraction of sp³-hybridized carbons (Fsp3) is 0.125. The number of benzene rings is 1. The van der Waals surface area contributed by atoms with Gasteiger partial charge in [-0.3, -0.25) is 5.21 Å². The first-order valence-corrected chi connectivity index (χ1v) is 7.61. The smallest absolute Gasteiger partial charge is 0.285 e. The van der Waals surface area contributed by atoms with Crippen LogP contribution in [0.15, 0.2) is 54.2 Å². The topological polar surface area (TPSA) is 37.0 Å². The van der Waals surface area contributed by atoms with Gasteiger partial charge in [0.15, 0.2) is 0 Å². The summed E-state index contributed by atoms with van der Waals surface area (Å²) >= 11 is 1.40. The number of pyridine rings is 1. The summed E-state index contributed by atoms with van der Waals surface area (Å²) in [6, 6.07) is 8.70. The minimum absolute atomic E-state index is 0.349. The molecule has 1 N–H and O–H groups in total. The summed E-state index contributed by atoms with van der Waals surface area (Å²) in [6.45, 7) is 0. The normalized spacial score (nSPS) is 11.6. The summed E-state index contributed by atoms with van der Waals surface area (Å²) in [7, 11) is 0. The second-order valence-corrected chi connectivity index (χ2v) is 5.91. The Morgan fingerprint density at radius 1 is 1.13 bits per heavy atom. The zero-order chi connectivity index (χ0) is 16.4. The van der Waals surface area contributed by atoms with Crippen molar-refractivity contribution >= 4 is 11.3 Å². The predicted octanol–water partition coefficient (Wildman–Crippen LogP) is 3.94. The maximum atomic E-state index is 12.7. The Morgan fingerprint density at radius 3 is 2.57 bits per heavy atom. The van der Waals surface area contributed by atoms with Crippen molar-refractivity contribution in [1.29, 1.82) is 0 Å². The van der Waals surface area contributed by atoms with E-state index in [0.717, 1.165) is 33.1 Å². The van der Waals surface area contributed by atoms with Crippen molar-refractivity contribution in [1.82, 2.24) is 4.98 Å². The van der Waals surface area contributed by atoms with E-state index in [1.54, 1.807) is 18.2 Å². The van der Waals surface area contributed by atoms with Crippen LogP contribution >= 0.6 is 11.3 Å². The number of hydrogen-bond acceptors (Lipinski definition) is 3. The monoisotopic (exact) mass is 337 g/mol. The van der Waals surface area contributed by atoms with E-state index in [-0.39, 0.29) is 0 Å². The van der Waals surface area contributed by atoms with E-state index in [0.29, 0.717) is 12.0 Å². The molecule has 0 aliphatic carbocycles. The van der Waals surface area contributed by atoms with Crippen molar-refractivity contribution in [2.45, 2.75) is 12.6 Å². The van der Waals surface area contributed by atoms with E-state index >= 15 is 0 Å². The Labute approximate surface area is 134 Å². The molecule has 3 nitrogen and oxygen atoms in total. The van der Waals surface area contributed by atoms with Crippen LogP contribution in [0.1, 0.15) is 16.1 Å². The van der Waals surface area contributed by atoms with Crippen molar-refractivity contribution in [3.05, 3.63) is 70.3 Å². The predicted molar refractivity (Wildman–Crippen MR) is 79.2 cm³/mol. The average molecular weight is 337 g/mol. The first-order chi connectivity index (χ1) is 10.9. The fourth-order valence-corrected chi connectivity index (χ4v) is 2.98. The number of nitrogens with zero attached hydrogens (tertiary/aromatic N) is 2. The zero-order valence-electron chi connectivity index (χ0n) is 11.8. The van der Waals surface area contributed by atoms with E-state index in [1.165, 1.54) is 29.8 Å². The number of halogens is 3. The lowest BCUT2D eigenvalue weighted by atomic mass is 10.1. The van der Waals surface area contributed by atoms with Crippen molar-refractivity contribution < 1.29 is 23.1 Å². The molecule has 0 radical (unpaired) electrons. The fourth-order valence-electron chi connectivity index (χ4n) is 2.15. The van der Waals surface area contributed by atoms with Crippen molar-refractivity contribution in [2.75, 3.05) is 0 Å². The molecule has 23 heavy (non-hydrogen) atoms. The van der Waals surface area contributed by atoms with Gasteiger partial charge in [0.1, 0.15) is 0 Å². The number of aromatic nitrogens is 2. The molecule has 0 spiro atoms. The standard InChI is InChI=1S/C16H12F3N2OS/c17-16(18,19)13-3-1-2-11(8-13)9-15-20-14(10-23-15)12-4-6-21(22)7-5-12/h1-8,10,22H,9H2/q+1.